The van der Waals surface area contributed by atoms with Gasteiger partial charge in [-0.15, -0.1) is 0 Å². The summed E-state index contributed by atoms with van der Waals surface area (Å²) in [6.07, 6.45) is 1.89. The number of fused-ring (bicyclic) bond motifs is 3. The Balaban J connectivity index is 2.14. The second-order valence-electron chi connectivity index (χ2n) is 15.4. The quantitative estimate of drug-likeness (QED) is 0.204. The van der Waals surface area contributed by atoms with E-state index >= 15 is 0 Å². The van der Waals surface area contributed by atoms with Gasteiger partial charge >= 0.3 is 0 Å². The van der Waals surface area contributed by atoms with Crippen molar-refractivity contribution in [1.82, 2.24) is 0 Å². The fourth-order valence-corrected chi connectivity index (χ4v) is 12.2. The maximum Gasteiger partial charge on any atom is 0.122 e. The molecule has 0 saturated heterocycles. The highest BCUT2D eigenvalue weighted by Crippen LogP contribution is 2.53. The summed E-state index contributed by atoms with van der Waals surface area (Å²) in [5.74, 6) is 1.12. The molecule has 0 heterocycles. The lowest BCUT2D eigenvalue weighted by Gasteiger charge is -2.40. The Morgan fingerprint density at radius 1 is 0.732 bits per heavy atom. The molecule has 0 N–H and O–H groups in total. The van der Waals surface area contributed by atoms with Crippen LogP contribution >= 0.6 is 0 Å². The van der Waals surface area contributed by atoms with Crippen LogP contribution in [0.15, 0.2) is 61.2 Å². The van der Waals surface area contributed by atoms with E-state index in [2.05, 4.69) is 138 Å². The average molecular weight is 567 g/mol. The monoisotopic (exact) mass is 566 g/mol. The van der Waals surface area contributed by atoms with Crippen molar-refractivity contribution in [1.29, 1.82) is 0 Å². The van der Waals surface area contributed by atoms with Gasteiger partial charge in [-0.3, -0.25) is 0 Å². The summed E-state index contributed by atoms with van der Waals surface area (Å²) in [4.78, 5) is 0. The molecule has 0 aliphatic heterocycles. The summed E-state index contributed by atoms with van der Waals surface area (Å²) in [6, 6.07) is 21.9. The zero-order valence-corrected chi connectivity index (χ0v) is 29.0. The lowest BCUT2D eigenvalue weighted by Crippen LogP contribution is -2.53. The lowest BCUT2D eigenvalue weighted by molar-refractivity contribution is 0.353. The van der Waals surface area contributed by atoms with Crippen LogP contribution in [0, 0.1) is 6.92 Å². The van der Waals surface area contributed by atoms with Crippen molar-refractivity contribution in [2.45, 2.75) is 117 Å². The van der Waals surface area contributed by atoms with Crippen LogP contribution in [0.4, 0.5) is 0 Å². The summed E-state index contributed by atoms with van der Waals surface area (Å²) >= 11 is 0. The number of hydrogen-bond acceptors (Lipinski definition) is 1. The van der Waals surface area contributed by atoms with Crippen molar-refractivity contribution in [2.24, 2.45) is 0 Å². The van der Waals surface area contributed by atoms with Crippen LogP contribution in [-0.4, -0.2) is 14.7 Å². The Hall–Kier alpha value is -2.58. The molecule has 3 aromatic rings. The van der Waals surface area contributed by atoms with Gasteiger partial charge in [0.25, 0.3) is 0 Å². The third-order valence-electron chi connectivity index (χ3n) is 9.48. The minimum absolute atomic E-state index is 0.0246. The zero-order chi connectivity index (χ0) is 30.5. The van der Waals surface area contributed by atoms with E-state index in [0.29, 0.717) is 12.1 Å². The Morgan fingerprint density at radius 2 is 1.22 bits per heavy atom. The minimum atomic E-state index is -2.25. The maximum absolute atomic E-state index is 6.72. The predicted octanol–water partition coefficient (Wildman–Crippen LogP) is 10.5. The molecule has 2 heteroatoms. The average Bonchev–Trinajstić information content (AvgIpc) is 3.21. The largest absolute Gasteiger partial charge is 0.489 e. The maximum atomic E-state index is 6.72. The van der Waals surface area contributed by atoms with Gasteiger partial charge in [0.15, 0.2) is 0 Å². The summed E-state index contributed by atoms with van der Waals surface area (Å²) in [6.45, 7) is 32.7. The van der Waals surface area contributed by atoms with Gasteiger partial charge in [0, 0.05) is 5.54 Å². The summed E-state index contributed by atoms with van der Waals surface area (Å²) < 4.78 is 6.72. The van der Waals surface area contributed by atoms with Crippen LogP contribution in [0.2, 0.25) is 12.1 Å². The van der Waals surface area contributed by atoms with E-state index in [4.69, 9.17) is 4.74 Å². The first kappa shape index (κ1) is 31.4. The van der Waals surface area contributed by atoms with E-state index in [0.717, 1.165) is 17.8 Å². The molecule has 0 bridgehead atoms. The van der Waals surface area contributed by atoms with Crippen LogP contribution < -0.4 is 9.92 Å². The van der Waals surface area contributed by atoms with Crippen LogP contribution in [0.3, 0.4) is 0 Å². The first-order valence-corrected chi connectivity index (χ1v) is 18.2. The third kappa shape index (κ3) is 5.62. The molecule has 1 aliphatic rings. The van der Waals surface area contributed by atoms with Gasteiger partial charge in [-0.1, -0.05) is 155 Å². The summed E-state index contributed by atoms with van der Waals surface area (Å²) in [5, 5.41) is 1.49. The topological polar surface area (TPSA) is 9.23 Å². The Bertz CT molecular complexity index is 1370. The molecule has 0 fully saturated rings. The zero-order valence-electron chi connectivity index (χ0n) is 28.0. The van der Waals surface area contributed by atoms with Crippen LogP contribution in [0.1, 0.15) is 115 Å². The molecule has 0 atom stereocenters. The van der Waals surface area contributed by atoms with E-state index in [-0.39, 0.29) is 16.2 Å². The number of ether oxygens (including phenoxy) is 1. The van der Waals surface area contributed by atoms with E-state index in [1.54, 1.807) is 0 Å². The van der Waals surface area contributed by atoms with Crippen molar-refractivity contribution >= 4 is 13.3 Å². The second-order valence-corrected chi connectivity index (χ2v) is 20.3. The Morgan fingerprint density at radius 3 is 1.61 bits per heavy atom. The number of benzene rings is 3. The van der Waals surface area contributed by atoms with Gasteiger partial charge in [-0.25, -0.2) is 0 Å². The van der Waals surface area contributed by atoms with Gasteiger partial charge < -0.3 is 4.74 Å². The first-order valence-electron chi connectivity index (χ1n) is 15.7. The van der Waals surface area contributed by atoms with E-state index < -0.39 is 8.07 Å². The normalized spacial score (nSPS) is 14.1. The molecule has 0 saturated carbocycles. The molecule has 1 aliphatic carbocycles. The Labute approximate surface area is 252 Å². The number of aryl methyl sites for hydroxylation is 1. The fraction of sp³-hybridized carbons (Fsp3) is 0.487. The minimum Gasteiger partial charge on any atom is -0.489 e. The Kier molecular flexibility index (Phi) is 8.35. The molecule has 3 aromatic carbocycles. The first-order chi connectivity index (χ1) is 19.0. The van der Waals surface area contributed by atoms with Crippen molar-refractivity contribution < 1.29 is 4.74 Å². The summed E-state index contributed by atoms with van der Waals surface area (Å²) in [7, 11) is -2.25. The smallest absolute Gasteiger partial charge is 0.122 e. The molecule has 0 radical (unpaired) electrons. The molecule has 0 amide bonds. The molecule has 220 valence electrons. The highest BCUT2D eigenvalue weighted by atomic mass is 28.3. The van der Waals surface area contributed by atoms with Crippen LogP contribution in [-0.2, 0) is 16.2 Å². The predicted molar refractivity (Wildman–Crippen MR) is 183 cm³/mol. The van der Waals surface area contributed by atoms with Crippen molar-refractivity contribution in [3.8, 4) is 16.9 Å². The van der Waals surface area contributed by atoms with Crippen molar-refractivity contribution in [3.63, 3.8) is 0 Å². The molecule has 0 unspecified atom stereocenters. The molecule has 0 aromatic heterocycles. The molecular weight excluding hydrogens is 513 g/mol. The van der Waals surface area contributed by atoms with E-state index in [1.807, 2.05) is 6.08 Å². The molecule has 1 nitrogen and oxygen atoms in total. The number of hydrogen-bond donors (Lipinski definition) is 0. The van der Waals surface area contributed by atoms with Gasteiger partial charge in [-0.05, 0) is 67.3 Å². The van der Waals surface area contributed by atoms with Crippen molar-refractivity contribution in [2.75, 3.05) is 6.61 Å². The van der Waals surface area contributed by atoms with Gasteiger partial charge in [0.2, 0.25) is 0 Å². The lowest BCUT2D eigenvalue weighted by atomic mass is 9.85. The van der Waals surface area contributed by atoms with Crippen LogP contribution in [0.5, 0.6) is 5.75 Å². The van der Waals surface area contributed by atoms with Crippen molar-refractivity contribution in [3.05, 3.63) is 94.6 Å². The molecular formula is C39H54OSi. The van der Waals surface area contributed by atoms with Gasteiger partial charge in [-0.2, -0.15) is 0 Å². The fourth-order valence-electron chi connectivity index (χ4n) is 6.98. The SMILES string of the molecule is C=CCOc1c(C(C)(C)C)cc(C)cc1[Si](CC)(CC)C1c2cc(C(C)(C)C)ccc2-c2ccc(C(C)(C)C)cc21. The molecule has 41 heavy (non-hydrogen) atoms. The van der Waals surface area contributed by atoms with Gasteiger partial charge in [0.1, 0.15) is 20.4 Å². The second kappa shape index (κ2) is 10.9. The van der Waals surface area contributed by atoms with E-state index in [1.165, 1.54) is 49.7 Å². The highest BCUT2D eigenvalue weighted by molar-refractivity contribution is 6.94. The third-order valence-corrected chi connectivity index (χ3v) is 15.2. The van der Waals surface area contributed by atoms with E-state index in [9.17, 15) is 0 Å². The molecule has 0 spiro atoms. The number of rotatable bonds is 7. The van der Waals surface area contributed by atoms with Crippen LogP contribution in [0.25, 0.3) is 11.1 Å². The highest BCUT2D eigenvalue weighted by Gasteiger charge is 2.49. The summed E-state index contributed by atoms with van der Waals surface area (Å²) in [5.41, 5.74) is 11.9. The van der Waals surface area contributed by atoms with Gasteiger partial charge in [0.05, 0.1) is 0 Å². The standard InChI is InChI=1S/C39H54OSi/c1-14-21-40-35-33(39(11,12)13)22-26(4)23-34(35)41(15-2,16-3)36-31-24-27(37(5,6)7)17-19-29(31)30-20-18-28(25-32(30)36)38(8,9)10/h14,17-20,22-25,36H,1,15-16,21H2,2-13H3. The molecule has 4 rings (SSSR count).